The fourth-order valence-electron chi connectivity index (χ4n) is 3.20. The first-order valence-electron chi connectivity index (χ1n) is 9.13. The van der Waals surface area contributed by atoms with Crippen LogP contribution in [0.2, 0.25) is 0 Å². The van der Waals surface area contributed by atoms with Crippen LogP contribution in [-0.4, -0.2) is 47.5 Å². The van der Waals surface area contributed by atoms with Crippen LogP contribution in [-0.2, 0) is 4.79 Å². The van der Waals surface area contributed by atoms with Gasteiger partial charge in [-0.25, -0.2) is 4.99 Å². The molecule has 158 valence electrons. The monoisotopic (exact) mass is 419 g/mol. The number of rotatable bonds is 5. The SMILES string of the molecule is COc1ccccc1C(=O)N[C@@]1(C(F)(F)F)N=C(c2ccccc2)N(C(C)C)C1=O. The van der Waals surface area contributed by atoms with E-state index >= 15 is 0 Å². The molecule has 2 aromatic carbocycles. The van der Waals surface area contributed by atoms with Gasteiger partial charge in [0.15, 0.2) is 0 Å². The lowest BCUT2D eigenvalue weighted by Crippen LogP contribution is -2.64. The Morgan fingerprint density at radius 3 is 2.27 bits per heavy atom. The Labute approximate surface area is 171 Å². The molecule has 0 aromatic heterocycles. The predicted molar refractivity (Wildman–Crippen MR) is 104 cm³/mol. The smallest absolute Gasteiger partial charge is 0.442 e. The van der Waals surface area contributed by atoms with Gasteiger partial charge in [-0.2, -0.15) is 13.2 Å². The number of methoxy groups -OCH3 is 1. The van der Waals surface area contributed by atoms with E-state index in [0.29, 0.717) is 5.56 Å². The van der Waals surface area contributed by atoms with Crippen LogP contribution in [0.3, 0.4) is 0 Å². The summed E-state index contributed by atoms with van der Waals surface area (Å²) in [5, 5.41) is 1.84. The number of halogens is 3. The summed E-state index contributed by atoms with van der Waals surface area (Å²) in [6.07, 6.45) is -5.18. The first kappa shape index (κ1) is 21.4. The second-order valence-electron chi connectivity index (χ2n) is 6.93. The number of amides is 2. The van der Waals surface area contributed by atoms with E-state index in [0.717, 1.165) is 4.90 Å². The van der Waals surface area contributed by atoms with E-state index in [9.17, 15) is 22.8 Å². The molecule has 9 heteroatoms. The van der Waals surface area contributed by atoms with E-state index in [1.807, 2.05) is 5.32 Å². The zero-order valence-electron chi connectivity index (χ0n) is 16.5. The zero-order chi connectivity index (χ0) is 22.1. The summed E-state index contributed by atoms with van der Waals surface area (Å²) in [4.78, 5) is 30.5. The number of nitrogens with zero attached hydrogens (tertiary/aromatic N) is 2. The first-order chi connectivity index (χ1) is 14.1. The van der Waals surface area contributed by atoms with Crippen LogP contribution in [0.15, 0.2) is 59.6 Å². The lowest BCUT2D eigenvalue weighted by molar-refractivity contribution is -0.196. The number of para-hydroxylation sites is 1. The van der Waals surface area contributed by atoms with Crippen molar-refractivity contribution in [3.05, 3.63) is 65.7 Å². The molecule has 0 bridgehead atoms. The molecule has 30 heavy (non-hydrogen) atoms. The van der Waals surface area contributed by atoms with Gasteiger partial charge in [-0.15, -0.1) is 0 Å². The van der Waals surface area contributed by atoms with Gasteiger partial charge < -0.3 is 10.1 Å². The molecular weight excluding hydrogens is 399 g/mol. The van der Waals surface area contributed by atoms with E-state index in [-0.39, 0.29) is 17.1 Å². The number of hydrogen-bond acceptors (Lipinski definition) is 4. The average Bonchev–Trinajstić information content (AvgIpc) is 3.02. The highest BCUT2D eigenvalue weighted by Gasteiger charge is 2.67. The molecule has 0 unspecified atom stereocenters. The number of hydrogen-bond donors (Lipinski definition) is 1. The highest BCUT2D eigenvalue weighted by Crippen LogP contribution is 2.39. The Balaban J connectivity index is 2.14. The molecule has 2 amide bonds. The van der Waals surface area contributed by atoms with Gasteiger partial charge in [0.1, 0.15) is 11.6 Å². The van der Waals surface area contributed by atoms with E-state index in [1.54, 1.807) is 50.2 Å². The molecule has 0 saturated heterocycles. The number of alkyl halides is 3. The Morgan fingerprint density at radius 2 is 1.70 bits per heavy atom. The molecule has 2 aromatic rings. The highest BCUT2D eigenvalue weighted by molar-refractivity contribution is 6.17. The maximum absolute atomic E-state index is 14.3. The highest BCUT2D eigenvalue weighted by atomic mass is 19.4. The molecule has 0 saturated carbocycles. The largest absolute Gasteiger partial charge is 0.496 e. The second kappa shape index (κ2) is 7.81. The summed E-state index contributed by atoms with van der Waals surface area (Å²) in [6.45, 7) is 3.15. The van der Waals surface area contributed by atoms with Gasteiger partial charge in [-0.3, -0.25) is 14.5 Å². The van der Waals surface area contributed by atoms with Gasteiger partial charge >= 0.3 is 11.8 Å². The number of carbonyl (C=O) groups excluding carboxylic acids is 2. The molecule has 1 N–H and O–H groups in total. The molecule has 0 fully saturated rings. The maximum atomic E-state index is 14.3. The first-order valence-corrected chi connectivity index (χ1v) is 9.13. The third-order valence-corrected chi connectivity index (χ3v) is 4.63. The van der Waals surface area contributed by atoms with E-state index < -0.39 is 29.7 Å². The summed E-state index contributed by atoms with van der Waals surface area (Å²) in [6, 6.07) is 13.2. The molecule has 6 nitrogen and oxygen atoms in total. The fraction of sp³-hybridized carbons (Fsp3) is 0.286. The van der Waals surface area contributed by atoms with Crippen LogP contribution >= 0.6 is 0 Å². The standard InChI is InChI=1S/C21H20F3N3O3/c1-13(2)27-17(14-9-5-4-6-10-14)25-20(19(27)29,21(22,23)24)26-18(28)15-11-7-8-12-16(15)30-3/h4-13H,1-3H3,(H,26,28)/t20-/m0/s1. The number of amidine groups is 1. The lowest BCUT2D eigenvalue weighted by Gasteiger charge is -2.30. The van der Waals surface area contributed by atoms with Crippen molar-refractivity contribution >= 4 is 17.6 Å². The fourth-order valence-corrected chi connectivity index (χ4v) is 3.20. The lowest BCUT2D eigenvalue weighted by atomic mass is 10.1. The summed E-state index contributed by atoms with van der Waals surface area (Å²) >= 11 is 0. The van der Waals surface area contributed by atoms with Crippen molar-refractivity contribution in [3.8, 4) is 5.75 Å². The third kappa shape index (κ3) is 3.51. The normalized spacial score (nSPS) is 19.1. The van der Waals surface area contributed by atoms with Crippen LogP contribution in [0.4, 0.5) is 13.2 Å². The van der Waals surface area contributed by atoms with Crippen LogP contribution in [0, 0.1) is 0 Å². The van der Waals surface area contributed by atoms with Gasteiger partial charge in [-0.1, -0.05) is 42.5 Å². The van der Waals surface area contributed by atoms with Crippen LogP contribution in [0.1, 0.15) is 29.8 Å². The van der Waals surface area contributed by atoms with Gasteiger partial charge in [0, 0.05) is 11.6 Å². The number of aliphatic imine (C=N–C) groups is 1. The second-order valence-corrected chi connectivity index (χ2v) is 6.93. The minimum Gasteiger partial charge on any atom is -0.496 e. The van der Waals surface area contributed by atoms with E-state index in [2.05, 4.69) is 4.99 Å². The van der Waals surface area contributed by atoms with Crippen LogP contribution in [0.5, 0.6) is 5.75 Å². The summed E-state index contributed by atoms with van der Waals surface area (Å²) < 4.78 is 47.8. The molecule has 0 radical (unpaired) electrons. The topological polar surface area (TPSA) is 71.0 Å². The zero-order valence-corrected chi connectivity index (χ0v) is 16.5. The molecule has 0 aliphatic carbocycles. The van der Waals surface area contributed by atoms with Gasteiger partial charge in [0.2, 0.25) is 0 Å². The quantitative estimate of drug-likeness (QED) is 0.808. The van der Waals surface area contributed by atoms with Crippen molar-refractivity contribution < 1.29 is 27.5 Å². The van der Waals surface area contributed by atoms with E-state index in [1.165, 1.54) is 25.3 Å². The van der Waals surface area contributed by atoms with Crippen molar-refractivity contribution in [3.63, 3.8) is 0 Å². The Morgan fingerprint density at radius 1 is 1.10 bits per heavy atom. The van der Waals surface area contributed by atoms with Gasteiger partial charge in [0.05, 0.1) is 12.7 Å². The number of ether oxygens (including phenoxy) is 1. The Hall–Kier alpha value is -3.36. The summed E-state index contributed by atoms with van der Waals surface area (Å²) in [5.41, 5.74) is -3.26. The van der Waals surface area contributed by atoms with Crippen molar-refractivity contribution in [1.82, 2.24) is 10.2 Å². The molecule has 1 heterocycles. The average molecular weight is 419 g/mol. The van der Waals surface area contributed by atoms with Gasteiger partial charge in [-0.05, 0) is 26.0 Å². The summed E-state index contributed by atoms with van der Waals surface area (Å²) in [5.74, 6) is -2.58. The van der Waals surface area contributed by atoms with Crippen LogP contribution in [0.25, 0.3) is 0 Å². The van der Waals surface area contributed by atoms with E-state index in [4.69, 9.17) is 4.74 Å². The molecule has 0 spiro atoms. The minimum atomic E-state index is -5.18. The summed E-state index contributed by atoms with van der Waals surface area (Å²) in [7, 11) is 1.29. The number of nitrogens with one attached hydrogen (secondary N) is 1. The Kier molecular flexibility index (Phi) is 5.56. The van der Waals surface area contributed by atoms with Gasteiger partial charge in [0.25, 0.3) is 11.8 Å². The number of carbonyl (C=O) groups is 2. The van der Waals surface area contributed by atoms with Crippen molar-refractivity contribution in [2.45, 2.75) is 31.7 Å². The molecule has 1 atom stereocenters. The molecular formula is C21H20F3N3O3. The minimum absolute atomic E-state index is 0.0748. The predicted octanol–water partition coefficient (Wildman–Crippen LogP) is 3.38. The maximum Gasteiger partial charge on any atom is 0.442 e. The van der Waals surface area contributed by atoms with Crippen molar-refractivity contribution in [1.29, 1.82) is 0 Å². The van der Waals surface area contributed by atoms with Crippen molar-refractivity contribution in [2.24, 2.45) is 4.99 Å². The molecule has 1 aliphatic rings. The molecule has 1 aliphatic heterocycles. The Bertz CT molecular complexity index is 990. The van der Waals surface area contributed by atoms with Crippen LogP contribution < -0.4 is 10.1 Å². The molecule has 3 rings (SSSR count). The number of benzene rings is 2. The van der Waals surface area contributed by atoms with Crippen molar-refractivity contribution in [2.75, 3.05) is 7.11 Å². The third-order valence-electron chi connectivity index (χ3n) is 4.63.